The van der Waals surface area contributed by atoms with Gasteiger partial charge in [-0.25, -0.2) is 4.79 Å². The molecular weight excluding hydrogens is 228 g/mol. The molecule has 2 rings (SSSR count). The van der Waals surface area contributed by atoms with Crippen LogP contribution in [0, 0.1) is 5.92 Å². The van der Waals surface area contributed by atoms with Crippen LogP contribution in [0.5, 0.6) is 0 Å². The van der Waals surface area contributed by atoms with E-state index >= 15 is 0 Å². The van der Waals surface area contributed by atoms with E-state index < -0.39 is 0 Å². The summed E-state index contributed by atoms with van der Waals surface area (Å²) < 4.78 is 5.03. The van der Waals surface area contributed by atoms with Crippen LogP contribution < -0.4 is 5.32 Å². The van der Waals surface area contributed by atoms with Gasteiger partial charge in [0.2, 0.25) is 0 Å². The molecule has 0 spiro atoms. The summed E-state index contributed by atoms with van der Waals surface area (Å²) in [5.41, 5.74) is 0. The van der Waals surface area contributed by atoms with E-state index in [0.29, 0.717) is 18.7 Å². The summed E-state index contributed by atoms with van der Waals surface area (Å²) in [5.74, 6) is 0.813. The smallest absolute Gasteiger partial charge is 0.409 e. The first-order chi connectivity index (χ1) is 8.70. The van der Waals surface area contributed by atoms with Crippen LogP contribution in [0.3, 0.4) is 0 Å². The van der Waals surface area contributed by atoms with Crippen molar-refractivity contribution in [2.45, 2.75) is 58.0 Å². The van der Waals surface area contributed by atoms with Gasteiger partial charge in [0.1, 0.15) is 0 Å². The minimum Gasteiger partial charge on any atom is -0.450 e. The number of piperidine rings is 1. The van der Waals surface area contributed by atoms with Gasteiger partial charge in [0.05, 0.1) is 6.61 Å². The molecule has 18 heavy (non-hydrogen) atoms. The lowest BCUT2D eigenvalue weighted by atomic mass is 10.0. The van der Waals surface area contributed by atoms with Crippen molar-refractivity contribution in [3.63, 3.8) is 0 Å². The number of hydrogen-bond donors (Lipinski definition) is 1. The summed E-state index contributed by atoms with van der Waals surface area (Å²) in [5, 5.41) is 3.78. The molecule has 2 fully saturated rings. The Morgan fingerprint density at radius 1 is 1.28 bits per heavy atom. The predicted molar refractivity (Wildman–Crippen MR) is 71.6 cm³/mol. The molecule has 4 heteroatoms. The van der Waals surface area contributed by atoms with Crippen LogP contribution in [0.4, 0.5) is 4.79 Å². The molecule has 0 aromatic carbocycles. The molecule has 0 radical (unpaired) electrons. The lowest BCUT2D eigenvalue weighted by Crippen LogP contribution is -2.48. The number of ether oxygens (including phenoxy) is 1. The molecule has 1 amide bonds. The zero-order valence-electron chi connectivity index (χ0n) is 11.7. The van der Waals surface area contributed by atoms with Crippen LogP contribution in [-0.4, -0.2) is 42.8 Å². The molecule has 1 heterocycles. The normalized spacial score (nSPS) is 29.6. The van der Waals surface area contributed by atoms with Crippen molar-refractivity contribution in [3.8, 4) is 0 Å². The van der Waals surface area contributed by atoms with Crippen molar-refractivity contribution in [2.24, 2.45) is 5.92 Å². The third-order valence-corrected chi connectivity index (χ3v) is 4.33. The van der Waals surface area contributed by atoms with Crippen molar-refractivity contribution in [1.82, 2.24) is 10.2 Å². The molecule has 4 nitrogen and oxygen atoms in total. The highest BCUT2D eigenvalue weighted by atomic mass is 16.6. The van der Waals surface area contributed by atoms with E-state index in [9.17, 15) is 4.79 Å². The van der Waals surface area contributed by atoms with Gasteiger partial charge in [-0.15, -0.1) is 0 Å². The molecule has 2 atom stereocenters. The Hall–Kier alpha value is -0.770. The SMILES string of the molecule is CCOC(=O)N1CCC(NC2CCCC2C)CC1. The molecule has 0 bridgehead atoms. The summed E-state index contributed by atoms with van der Waals surface area (Å²) >= 11 is 0. The fourth-order valence-electron chi connectivity index (χ4n) is 3.14. The second kappa shape index (κ2) is 6.41. The predicted octanol–water partition coefficient (Wildman–Crippen LogP) is 2.39. The minimum atomic E-state index is -0.148. The van der Waals surface area contributed by atoms with Crippen molar-refractivity contribution in [1.29, 1.82) is 0 Å². The highest BCUT2D eigenvalue weighted by molar-refractivity contribution is 5.67. The summed E-state index contributed by atoms with van der Waals surface area (Å²) in [4.78, 5) is 13.4. The second-order valence-electron chi connectivity index (χ2n) is 5.64. The molecule has 1 N–H and O–H groups in total. The number of likely N-dealkylation sites (tertiary alicyclic amines) is 1. The summed E-state index contributed by atoms with van der Waals surface area (Å²) in [6.45, 7) is 6.33. The third-order valence-electron chi connectivity index (χ3n) is 4.33. The number of nitrogens with one attached hydrogen (secondary N) is 1. The lowest BCUT2D eigenvalue weighted by Gasteiger charge is -2.34. The lowest BCUT2D eigenvalue weighted by molar-refractivity contribution is 0.0937. The van der Waals surface area contributed by atoms with Gasteiger partial charge in [-0.1, -0.05) is 13.3 Å². The van der Waals surface area contributed by atoms with E-state index in [-0.39, 0.29) is 6.09 Å². The highest BCUT2D eigenvalue weighted by Gasteiger charge is 2.28. The molecule has 1 aliphatic carbocycles. The van der Waals surface area contributed by atoms with Crippen LogP contribution in [0.2, 0.25) is 0 Å². The zero-order valence-corrected chi connectivity index (χ0v) is 11.7. The van der Waals surface area contributed by atoms with Gasteiger partial charge in [-0.05, 0) is 38.5 Å². The fourth-order valence-corrected chi connectivity index (χ4v) is 3.14. The molecule has 1 saturated carbocycles. The first kappa shape index (κ1) is 13.7. The molecule has 2 aliphatic rings. The molecular formula is C14H26N2O2. The van der Waals surface area contributed by atoms with Gasteiger partial charge in [0.25, 0.3) is 0 Å². The zero-order chi connectivity index (χ0) is 13.0. The van der Waals surface area contributed by atoms with Crippen LogP contribution in [0.1, 0.15) is 46.0 Å². The number of carbonyl (C=O) groups excluding carboxylic acids is 1. The Balaban J connectivity index is 1.71. The quantitative estimate of drug-likeness (QED) is 0.841. The summed E-state index contributed by atoms with van der Waals surface area (Å²) in [7, 11) is 0. The average Bonchev–Trinajstić information content (AvgIpc) is 2.76. The fraction of sp³-hybridized carbons (Fsp3) is 0.929. The summed E-state index contributed by atoms with van der Waals surface area (Å²) in [6.07, 6.45) is 6.01. The molecule has 2 unspecified atom stereocenters. The van der Waals surface area contributed by atoms with Gasteiger partial charge < -0.3 is 15.0 Å². The molecule has 1 aliphatic heterocycles. The topological polar surface area (TPSA) is 41.6 Å². The maximum atomic E-state index is 11.6. The summed E-state index contributed by atoms with van der Waals surface area (Å²) in [6, 6.07) is 1.28. The molecule has 104 valence electrons. The number of rotatable bonds is 3. The average molecular weight is 254 g/mol. The van der Waals surface area contributed by atoms with Gasteiger partial charge >= 0.3 is 6.09 Å². The van der Waals surface area contributed by atoms with Crippen molar-refractivity contribution in [2.75, 3.05) is 19.7 Å². The van der Waals surface area contributed by atoms with Crippen LogP contribution in [-0.2, 0) is 4.74 Å². The Bertz CT molecular complexity index is 275. The van der Waals surface area contributed by atoms with Crippen LogP contribution in [0.25, 0.3) is 0 Å². The minimum absolute atomic E-state index is 0.148. The Morgan fingerprint density at radius 2 is 2.00 bits per heavy atom. The standard InChI is InChI=1S/C14H26N2O2/c1-3-18-14(17)16-9-7-12(8-10-16)15-13-6-4-5-11(13)2/h11-13,15H,3-10H2,1-2H3. The van der Waals surface area contributed by atoms with E-state index in [1.165, 1.54) is 19.3 Å². The first-order valence-corrected chi connectivity index (χ1v) is 7.38. The largest absolute Gasteiger partial charge is 0.450 e. The first-order valence-electron chi connectivity index (χ1n) is 7.38. The van der Waals surface area contributed by atoms with Gasteiger partial charge in [0.15, 0.2) is 0 Å². The number of carbonyl (C=O) groups is 1. The van der Waals surface area contributed by atoms with E-state index in [4.69, 9.17) is 4.74 Å². The van der Waals surface area contributed by atoms with Crippen molar-refractivity contribution in [3.05, 3.63) is 0 Å². The Kier molecular flexibility index (Phi) is 4.87. The molecule has 0 aromatic heterocycles. The van der Waals surface area contributed by atoms with Crippen LogP contribution >= 0.6 is 0 Å². The second-order valence-corrected chi connectivity index (χ2v) is 5.64. The molecule has 0 aromatic rings. The van der Waals surface area contributed by atoms with Crippen molar-refractivity contribution >= 4 is 6.09 Å². The Labute approximate surface area is 110 Å². The molecule has 1 saturated heterocycles. The maximum absolute atomic E-state index is 11.6. The van der Waals surface area contributed by atoms with Gasteiger partial charge in [-0.2, -0.15) is 0 Å². The maximum Gasteiger partial charge on any atom is 0.409 e. The van der Waals surface area contributed by atoms with E-state index in [1.807, 2.05) is 11.8 Å². The third kappa shape index (κ3) is 3.37. The van der Waals surface area contributed by atoms with Crippen LogP contribution in [0.15, 0.2) is 0 Å². The van der Waals surface area contributed by atoms with E-state index in [0.717, 1.165) is 31.8 Å². The number of amides is 1. The number of hydrogen-bond acceptors (Lipinski definition) is 3. The van der Waals surface area contributed by atoms with Gasteiger partial charge in [-0.3, -0.25) is 0 Å². The Morgan fingerprint density at radius 3 is 2.56 bits per heavy atom. The van der Waals surface area contributed by atoms with E-state index in [2.05, 4.69) is 12.2 Å². The number of nitrogens with zero attached hydrogens (tertiary/aromatic N) is 1. The van der Waals surface area contributed by atoms with Crippen molar-refractivity contribution < 1.29 is 9.53 Å². The highest BCUT2D eigenvalue weighted by Crippen LogP contribution is 2.26. The van der Waals surface area contributed by atoms with Gasteiger partial charge in [0, 0.05) is 25.2 Å². The monoisotopic (exact) mass is 254 g/mol. The van der Waals surface area contributed by atoms with E-state index in [1.54, 1.807) is 0 Å².